The van der Waals surface area contributed by atoms with Crippen LogP contribution in [-0.4, -0.2) is 54.1 Å². The smallest absolute Gasteiger partial charge is 0.345 e. The van der Waals surface area contributed by atoms with Crippen LogP contribution in [0.25, 0.3) is 0 Å². The van der Waals surface area contributed by atoms with Gasteiger partial charge in [-0.25, -0.2) is 4.79 Å². The lowest BCUT2D eigenvalue weighted by molar-refractivity contribution is -0.385. The molecule has 0 N–H and O–H groups in total. The normalized spacial score (nSPS) is 15.8. The molecular formula is C14H15ClN2O6. The summed E-state index contributed by atoms with van der Waals surface area (Å²) in [6.45, 7) is 3.12. The Morgan fingerprint density at radius 2 is 2.04 bits per heavy atom. The summed E-state index contributed by atoms with van der Waals surface area (Å²) in [7, 11) is 0. The Labute approximate surface area is 137 Å². The number of halogens is 1. The molecule has 1 aromatic rings. The van der Waals surface area contributed by atoms with Gasteiger partial charge >= 0.3 is 5.97 Å². The summed E-state index contributed by atoms with van der Waals surface area (Å²) >= 11 is 5.69. The first kappa shape index (κ1) is 17.2. The average molecular weight is 343 g/mol. The molecule has 0 saturated carbocycles. The molecule has 1 unspecified atom stereocenters. The molecule has 8 nitrogen and oxygen atoms in total. The zero-order valence-corrected chi connectivity index (χ0v) is 13.1. The number of rotatable bonds is 4. The van der Waals surface area contributed by atoms with Gasteiger partial charge in [0.1, 0.15) is 5.56 Å². The molecule has 0 spiro atoms. The fraction of sp³-hybridized carbons (Fsp3) is 0.429. The summed E-state index contributed by atoms with van der Waals surface area (Å²) in [5, 5.41) is 11.1. The van der Waals surface area contributed by atoms with E-state index in [1.807, 2.05) is 0 Å². The van der Waals surface area contributed by atoms with Gasteiger partial charge in [0, 0.05) is 24.2 Å². The second-order valence-electron chi connectivity index (χ2n) is 4.90. The maximum absolute atomic E-state index is 12.2. The van der Waals surface area contributed by atoms with E-state index in [0.717, 1.165) is 6.07 Å². The Morgan fingerprint density at radius 1 is 1.39 bits per heavy atom. The Balaban J connectivity index is 2.09. The van der Waals surface area contributed by atoms with E-state index in [0.29, 0.717) is 26.3 Å². The number of carbonyl (C=O) groups excluding carboxylic acids is 2. The van der Waals surface area contributed by atoms with Crippen molar-refractivity contribution in [3.63, 3.8) is 0 Å². The van der Waals surface area contributed by atoms with Crippen LogP contribution in [0.1, 0.15) is 17.3 Å². The SMILES string of the molecule is CC(OC(=O)c1ccc(Cl)cc1[N+](=O)[O-])C(=O)N1CCOCC1. The van der Waals surface area contributed by atoms with E-state index in [2.05, 4.69) is 0 Å². The first-order chi connectivity index (χ1) is 10.9. The van der Waals surface area contributed by atoms with E-state index in [4.69, 9.17) is 21.1 Å². The molecule has 9 heteroatoms. The van der Waals surface area contributed by atoms with Crippen molar-refractivity contribution in [2.75, 3.05) is 26.3 Å². The van der Waals surface area contributed by atoms with Gasteiger partial charge in [0.05, 0.1) is 18.1 Å². The van der Waals surface area contributed by atoms with Crippen LogP contribution in [0.2, 0.25) is 5.02 Å². The second kappa shape index (κ2) is 7.38. The molecule has 0 aromatic heterocycles. The molecule has 0 radical (unpaired) electrons. The third-order valence-electron chi connectivity index (χ3n) is 3.33. The molecule has 124 valence electrons. The number of nitro benzene ring substituents is 1. The number of nitrogens with zero attached hydrogens (tertiary/aromatic N) is 2. The quantitative estimate of drug-likeness (QED) is 0.468. The van der Waals surface area contributed by atoms with Gasteiger partial charge in [0.25, 0.3) is 11.6 Å². The molecule has 1 saturated heterocycles. The van der Waals surface area contributed by atoms with Crippen molar-refractivity contribution in [3.8, 4) is 0 Å². The predicted octanol–water partition coefficient (Wildman–Crippen LogP) is 1.65. The average Bonchev–Trinajstić information content (AvgIpc) is 2.54. The Kier molecular flexibility index (Phi) is 5.51. The zero-order valence-electron chi connectivity index (χ0n) is 12.4. The number of hydrogen-bond donors (Lipinski definition) is 0. The van der Waals surface area contributed by atoms with Crippen molar-refractivity contribution in [2.24, 2.45) is 0 Å². The minimum Gasteiger partial charge on any atom is -0.449 e. The molecule has 1 heterocycles. The highest BCUT2D eigenvalue weighted by Crippen LogP contribution is 2.24. The Morgan fingerprint density at radius 3 is 2.65 bits per heavy atom. The number of amides is 1. The molecule has 0 aliphatic carbocycles. The molecule has 1 amide bonds. The molecule has 23 heavy (non-hydrogen) atoms. The van der Waals surface area contributed by atoms with E-state index < -0.39 is 22.7 Å². The van der Waals surface area contributed by atoms with E-state index >= 15 is 0 Å². The van der Waals surface area contributed by atoms with Gasteiger partial charge < -0.3 is 14.4 Å². The maximum Gasteiger partial charge on any atom is 0.345 e. The fourth-order valence-corrected chi connectivity index (χ4v) is 2.31. The first-order valence-corrected chi connectivity index (χ1v) is 7.29. The van der Waals surface area contributed by atoms with Crippen LogP contribution in [-0.2, 0) is 14.3 Å². The van der Waals surface area contributed by atoms with Crippen molar-refractivity contribution in [3.05, 3.63) is 38.9 Å². The van der Waals surface area contributed by atoms with Crippen molar-refractivity contribution in [2.45, 2.75) is 13.0 Å². The van der Waals surface area contributed by atoms with E-state index in [1.54, 1.807) is 0 Å². The van der Waals surface area contributed by atoms with Gasteiger partial charge in [0.2, 0.25) is 0 Å². The van der Waals surface area contributed by atoms with Gasteiger partial charge in [-0.1, -0.05) is 11.6 Å². The van der Waals surface area contributed by atoms with Gasteiger partial charge in [-0.05, 0) is 19.1 Å². The minimum atomic E-state index is -1.05. The summed E-state index contributed by atoms with van der Waals surface area (Å²) < 4.78 is 10.2. The first-order valence-electron chi connectivity index (χ1n) is 6.91. The number of benzene rings is 1. The third-order valence-corrected chi connectivity index (χ3v) is 3.57. The molecule has 1 aliphatic heterocycles. The van der Waals surface area contributed by atoms with Crippen molar-refractivity contribution in [1.82, 2.24) is 4.90 Å². The van der Waals surface area contributed by atoms with E-state index in [1.165, 1.54) is 24.0 Å². The monoisotopic (exact) mass is 342 g/mol. The highest BCUT2D eigenvalue weighted by Gasteiger charge is 2.28. The maximum atomic E-state index is 12.2. The van der Waals surface area contributed by atoms with Crippen LogP contribution in [0.5, 0.6) is 0 Å². The van der Waals surface area contributed by atoms with Gasteiger partial charge in [-0.15, -0.1) is 0 Å². The number of carbonyl (C=O) groups is 2. The molecule has 2 rings (SSSR count). The summed E-state index contributed by atoms with van der Waals surface area (Å²) in [5.74, 6) is -1.30. The van der Waals surface area contributed by atoms with Crippen LogP contribution in [0.3, 0.4) is 0 Å². The minimum absolute atomic E-state index is 0.130. The van der Waals surface area contributed by atoms with Crippen LogP contribution in [0, 0.1) is 10.1 Å². The van der Waals surface area contributed by atoms with E-state index in [9.17, 15) is 19.7 Å². The number of ether oxygens (including phenoxy) is 2. The summed E-state index contributed by atoms with van der Waals surface area (Å²) in [4.78, 5) is 36.1. The number of esters is 1. The van der Waals surface area contributed by atoms with Crippen LogP contribution in [0.15, 0.2) is 18.2 Å². The molecule has 1 atom stereocenters. The van der Waals surface area contributed by atoms with Crippen molar-refractivity contribution < 1.29 is 24.0 Å². The van der Waals surface area contributed by atoms with Crippen LogP contribution in [0.4, 0.5) is 5.69 Å². The Bertz CT molecular complexity index is 630. The zero-order chi connectivity index (χ0) is 17.0. The lowest BCUT2D eigenvalue weighted by Gasteiger charge is -2.28. The lowest BCUT2D eigenvalue weighted by Crippen LogP contribution is -2.46. The molecule has 1 fully saturated rings. The Hall–Kier alpha value is -2.19. The van der Waals surface area contributed by atoms with Gasteiger partial charge in [-0.2, -0.15) is 0 Å². The highest BCUT2D eigenvalue weighted by molar-refractivity contribution is 6.31. The van der Waals surface area contributed by atoms with Crippen molar-refractivity contribution >= 4 is 29.2 Å². The topological polar surface area (TPSA) is 99.0 Å². The lowest BCUT2D eigenvalue weighted by atomic mass is 10.2. The molecule has 0 bridgehead atoms. The largest absolute Gasteiger partial charge is 0.449 e. The number of hydrogen-bond acceptors (Lipinski definition) is 6. The molecular weight excluding hydrogens is 328 g/mol. The molecule has 1 aliphatic rings. The summed E-state index contributed by atoms with van der Waals surface area (Å²) in [6.07, 6.45) is -1.05. The van der Waals surface area contributed by atoms with E-state index in [-0.39, 0.29) is 16.5 Å². The molecule has 1 aromatic carbocycles. The third kappa shape index (κ3) is 4.17. The standard InChI is InChI=1S/C14H15ClN2O6/c1-9(13(18)16-4-6-22-7-5-16)23-14(19)11-3-2-10(15)8-12(11)17(20)21/h2-3,8-9H,4-7H2,1H3. The summed E-state index contributed by atoms with van der Waals surface area (Å²) in [6, 6.07) is 3.61. The number of morpholine rings is 1. The predicted molar refractivity (Wildman–Crippen MR) is 80.4 cm³/mol. The van der Waals surface area contributed by atoms with Crippen molar-refractivity contribution in [1.29, 1.82) is 0 Å². The van der Waals surface area contributed by atoms with Gasteiger partial charge in [-0.3, -0.25) is 14.9 Å². The second-order valence-corrected chi connectivity index (χ2v) is 5.34. The van der Waals surface area contributed by atoms with Crippen LogP contribution >= 0.6 is 11.6 Å². The highest BCUT2D eigenvalue weighted by atomic mass is 35.5. The van der Waals surface area contributed by atoms with Gasteiger partial charge in [0.15, 0.2) is 6.10 Å². The number of nitro groups is 1. The summed E-state index contributed by atoms with van der Waals surface area (Å²) in [5.41, 5.74) is -0.713. The van der Waals surface area contributed by atoms with Crippen LogP contribution < -0.4 is 0 Å². The fourth-order valence-electron chi connectivity index (χ4n) is 2.14.